The molecule has 0 fully saturated rings. The number of nitrogens with zero attached hydrogens (tertiary/aromatic N) is 2. The number of anilines is 2. The van der Waals surface area contributed by atoms with Crippen molar-refractivity contribution in [2.75, 3.05) is 37.4 Å². The van der Waals surface area contributed by atoms with Gasteiger partial charge in [0.1, 0.15) is 0 Å². The Morgan fingerprint density at radius 3 is 2.72 bits per heavy atom. The van der Waals surface area contributed by atoms with Crippen LogP contribution in [0.5, 0.6) is 0 Å². The first-order valence-corrected chi connectivity index (χ1v) is 10.2. The van der Waals surface area contributed by atoms with Gasteiger partial charge in [-0.05, 0) is 48.7 Å². The van der Waals surface area contributed by atoms with Gasteiger partial charge in [-0.3, -0.25) is 4.79 Å². The van der Waals surface area contributed by atoms with Gasteiger partial charge in [0.15, 0.2) is 5.96 Å². The fraction of sp³-hybridized carbons (Fsp3) is 0.391. The second-order valence-electron chi connectivity index (χ2n) is 7.62. The molecule has 3 N–H and O–H groups in total. The predicted molar refractivity (Wildman–Crippen MR) is 121 cm³/mol. The standard InChI is InChI=1S/C23H31N5O/c1-5-24-23(25-14-17-10-11-19(28(3)4)12-16(17)2)26-15-18-13-22(29)27-21-9-7-6-8-20(18)21/h6-12,18H,5,13-15H2,1-4H3,(H,27,29)(H2,24,25,26). The lowest BCUT2D eigenvalue weighted by molar-refractivity contribution is -0.116. The maximum absolute atomic E-state index is 12.0. The molecule has 154 valence electrons. The van der Waals surface area contributed by atoms with Crippen LogP contribution < -0.4 is 20.9 Å². The summed E-state index contributed by atoms with van der Waals surface area (Å²) in [4.78, 5) is 18.9. The van der Waals surface area contributed by atoms with E-state index in [0.29, 0.717) is 19.5 Å². The number of aryl methyl sites for hydroxylation is 1. The lowest BCUT2D eigenvalue weighted by Crippen LogP contribution is -2.40. The Kier molecular flexibility index (Phi) is 6.75. The molecule has 0 spiro atoms. The van der Waals surface area contributed by atoms with Crippen molar-refractivity contribution in [2.24, 2.45) is 4.99 Å². The third-order valence-corrected chi connectivity index (χ3v) is 5.22. The van der Waals surface area contributed by atoms with Crippen molar-refractivity contribution in [1.82, 2.24) is 10.6 Å². The van der Waals surface area contributed by atoms with E-state index in [9.17, 15) is 4.79 Å². The van der Waals surface area contributed by atoms with Crippen LogP contribution in [0.2, 0.25) is 0 Å². The van der Waals surface area contributed by atoms with Crippen LogP contribution in [-0.4, -0.2) is 39.1 Å². The number of carbonyl (C=O) groups is 1. The molecule has 1 heterocycles. The Morgan fingerprint density at radius 1 is 1.21 bits per heavy atom. The number of para-hydroxylation sites is 1. The molecule has 6 nitrogen and oxygen atoms in total. The summed E-state index contributed by atoms with van der Waals surface area (Å²) in [6, 6.07) is 14.4. The van der Waals surface area contributed by atoms with E-state index >= 15 is 0 Å². The monoisotopic (exact) mass is 393 g/mol. The first-order chi connectivity index (χ1) is 14.0. The maximum atomic E-state index is 12.0. The van der Waals surface area contributed by atoms with Gasteiger partial charge in [0.25, 0.3) is 0 Å². The van der Waals surface area contributed by atoms with Gasteiger partial charge >= 0.3 is 0 Å². The summed E-state index contributed by atoms with van der Waals surface area (Å²) in [6.07, 6.45) is 0.481. The zero-order valence-electron chi connectivity index (χ0n) is 17.7. The number of hydrogen-bond donors (Lipinski definition) is 3. The lowest BCUT2D eigenvalue weighted by Gasteiger charge is -2.26. The number of benzene rings is 2. The number of carbonyl (C=O) groups excluding carboxylic acids is 1. The van der Waals surface area contributed by atoms with E-state index in [2.05, 4.69) is 59.0 Å². The second-order valence-corrected chi connectivity index (χ2v) is 7.62. The highest BCUT2D eigenvalue weighted by Gasteiger charge is 2.24. The third-order valence-electron chi connectivity index (χ3n) is 5.22. The Labute approximate surface area is 173 Å². The van der Waals surface area contributed by atoms with Crippen molar-refractivity contribution in [2.45, 2.75) is 32.7 Å². The first-order valence-electron chi connectivity index (χ1n) is 10.2. The fourth-order valence-corrected chi connectivity index (χ4v) is 3.55. The van der Waals surface area contributed by atoms with Crippen LogP contribution in [0.1, 0.15) is 36.0 Å². The van der Waals surface area contributed by atoms with Crippen LogP contribution in [-0.2, 0) is 11.3 Å². The van der Waals surface area contributed by atoms with Gasteiger partial charge in [-0.15, -0.1) is 0 Å². The van der Waals surface area contributed by atoms with Gasteiger partial charge in [0.05, 0.1) is 6.54 Å². The predicted octanol–water partition coefficient (Wildman–Crippen LogP) is 3.24. The molecule has 2 aromatic carbocycles. The fourth-order valence-electron chi connectivity index (χ4n) is 3.55. The molecular formula is C23H31N5O. The molecule has 2 aromatic rings. The summed E-state index contributed by atoms with van der Waals surface area (Å²) in [5.41, 5.74) is 5.71. The Bertz CT molecular complexity index is 891. The topological polar surface area (TPSA) is 68.8 Å². The quantitative estimate of drug-likeness (QED) is 0.521. The van der Waals surface area contributed by atoms with E-state index in [4.69, 9.17) is 4.99 Å². The molecule has 0 saturated carbocycles. The molecule has 29 heavy (non-hydrogen) atoms. The van der Waals surface area contributed by atoms with Crippen LogP contribution in [0.25, 0.3) is 0 Å². The highest BCUT2D eigenvalue weighted by atomic mass is 16.1. The van der Waals surface area contributed by atoms with Gasteiger partial charge in [-0.1, -0.05) is 24.3 Å². The van der Waals surface area contributed by atoms with Crippen LogP contribution in [0.3, 0.4) is 0 Å². The van der Waals surface area contributed by atoms with Crippen molar-refractivity contribution in [3.63, 3.8) is 0 Å². The molecule has 0 bridgehead atoms. The zero-order chi connectivity index (χ0) is 20.8. The molecule has 0 aliphatic carbocycles. The number of rotatable bonds is 6. The number of guanidine groups is 1. The number of amides is 1. The molecule has 0 aromatic heterocycles. The molecule has 6 heteroatoms. The normalized spacial score (nSPS) is 16.1. The van der Waals surface area contributed by atoms with E-state index in [-0.39, 0.29) is 11.8 Å². The number of aliphatic imine (C=N–C) groups is 1. The van der Waals surface area contributed by atoms with E-state index < -0.39 is 0 Å². The number of nitrogens with one attached hydrogen (secondary N) is 3. The lowest BCUT2D eigenvalue weighted by atomic mass is 9.90. The van der Waals surface area contributed by atoms with Crippen LogP contribution >= 0.6 is 0 Å². The van der Waals surface area contributed by atoms with Gasteiger partial charge in [-0.25, -0.2) is 4.99 Å². The van der Waals surface area contributed by atoms with E-state index in [0.717, 1.165) is 18.2 Å². The molecule has 0 saturated heterocycles. The number of hydrogen-bond acceptors (Lipinski definition) is 3. The van der Waals surface area contributed by atoms with E-state index in [1.54, 1.807) is 0 Å². The second kappa shape index (κ2) is 9.45. The minimum absolute atomic E-state index is 0.0639. The molecule has 3 rings (SSSR count). The molecule has 1 amide bonds. The van der Waals surface area contributed by atoms with Gasteiger partial charge in [0, 0.05) is 50.9 Å². The van der Waals surface area contributed by atoms with Crippen molar-refractivity contribution in [3.8, 4) is 0 Å². The zero-order valence-corrected chi connectivity index (χ0v) is 17.7. The van der Waals surface area contributed by atoms with Gasteiger partial charge in [-0.2, -0.15) is 0 Å². The maximum Gasteiger partial charge on any atom is 0.225 e. The Hall–Kier alpha value is -3.02. The highest BCUT2D eigenvalue weighted by molar-refractivity contribution is 5.94. The largest absolute Gasteiger partial charge is 0.378 e. The summed E-state index contributed by atoms with van der Waals surface area (Å²) in [5.74, 6) is 0.964. The SMILES string of the molecule is CCNC(=NCc1ccc(N(C)C)cc1C)NCC1CC(=O)Nc2ccccc21. The van der Waals surface area contributed by atoms with Gasteiger partial charge in [0.2, 0.25) is 5.91 Å². The summed E-state index contributed by atoms with van der Waals surface area (Å²) < 4.78 is 0. The molecule has 1 aliphatic heterocycles. The number of fused-ring (bicyclic) bond motifs is 1. The molecule has 0 radical (unpaired) electrons. The van der Waals surface area contributed by atoms with Crippen LogP contribution in [0.15, 0.2) is 47.5 Å². The first kappa shape index (κ1) is 20.7. The van der Waals surface area contributed by atoms with Gasteiger partial charge < -0.3 is 20.9 Å². The minimum Gasteiger partial charge on any atom is -0.378 e. The van der Waals surface area contributed by atoms with E-state index in [1.807, 2.05) is 32.3 Å². The molecular weight excluding hydrogens is 362 g/mol. The van der Waals surface area contributed by atoms with E-state index in [1.165, 1.54) is 22.4 Å². The average molecular weight is 394 g/mol. The Balaban J connectivity index is 1.68. The van der Waals surface area contributed by atoms with Crippen molar-refractivity contribution in [1.29, 1.82) is 0 Å². The van der Waals surface area contributed by atoms with Crippen molar-refractivity contribution < 1.29 is 4.79 Å². The van der Waals surface area contributed by atoms with Crippen molar-refractivity contribution in [3.05, 3.63) is 59.2 Å². The summed E-state index contributed by atoms with van der Waals surface area (Å²) in [5, 5.41) is 9.68. The summed E-state index contributed by atoms with van der Waals surface area (Å²) in [6.45, 7) is 6.23. The summed E-state index contributed by atoms with van der Waals surface area (Å²) in [7, 11) is 4.09. The molecule has 1 aliphatic rings. The Morgan fingerprint density at radius 2 is 2.00 bits per heavy atom. The smallest absolute Gasteiger partial charge is 0.225 e. The molecule has 1 unspecified atom stereocenters. The minimum atomic E-state index is 0.0639. The van der Waals surface area contributed by atoms with Crippen molar-refractivity contribution >= 4 is 23.2 Å². The molecule has 1 atom stereocenters. The highest BCUT2D eigenvalue weighted by Crippen LogP contribution is 2.31. The third kappa shape index (κ3) is 5.28. The van der Waals surface area contributed by atoms with Crippen LogP contribution in [0.4, 0.5) is 11.4 Å². The average Bonchev–Trinajstić information content (AvgIpc) is 2.70. The summed E-state index contributed by atoms with van der Waals surface area (Å²) >= 11 is 0. The van der Waals surface area contributed by atoms with Crippen LogP contribution in [0, 0.1) is 6.92 Å².